The van der Waals surface area contributed by atoms with Gasteiger partial charge < -0.3 is 10.0 Å². The molecule has 2 rings (SSSR count). The molecule has 0 aromatic heterocycles. The standard InChI is InChI=1S/C17H18FNO2/c1-19(10-9-13-5-3-2-4-6-13)12-14-7-8-15(17(20)21)16(18)11-14/h2-8,11H,9-10,12H2,1H3,(H,20,21). The van der Waals surface area contributed by atoms with Crippen LogP contribution < -0.4 is 0 Å². The number of carboxylic acids is 1. The second-order valence-electron chi connectivity index (χ2n) is 5.09. The number of benzene rings is 2. The van der Waals surface area contributed by atoms with E-state index < -0.39 is 11.8 Å². The molecule has 0 saturated carbocycles. The second kappa shape index (κ2) is 6.99. The lowest BCUT2D eigenvalue weighted by Gasteiger charge is -2.17. The SMILES string of the molecule is CN(CCc1ccccc1)Cc1ccc(C(=O)O)c(F)c1. The molecule has 0 fully saturated rings. The highest BCUT2D eigenvalue weighted by Gasteiger charge is 2.11. The predicted molar refractivity (Wildman–Crippen MR) is 79.8 cm³/mol. The number of nitrogens with zero attached hydrogens (tertiary/aromatic N) is 1. The first-order valence-electron chi connectivity index (χ1n) is 6.80. The fraction of sp³-hybridized carbons (Fsp3) is 0.235. The second-order valence-corrected chi connectivity index (χ2v) is 5.09. The lowest BCUT2D eigenvalue weighted by Crippen LogP contribution is -2.21. The fourth-order valence-corrected chi connectivity index (χ4v) is 2.19. The number of carbonyl (C=O) groups is 1. The summed E-state index contributed by atoms with van der Waals surface area (Å²) in [6.07, 6.45) is 0.924. The molecule has 3 nitrogen and oxygen atoms in total. The van der Waals surface area contributed by atoms with Crippen LogP contribution in [0.3, 0.4) is 0 Å². The van der Waals surface area contributed by atoms with Crippen molar-refractivity contribution in [3.8, 4) is 0 Å². The summed E-state index contributed by atoms with van der Waals surface area (Å²) in [5.74, 6) is -1.92. The zero-order chi connectivity index (χ0) is 15.2. The minimum Gasteiger partial charge on any atom is -0.478 e. The number of halogens is 1. The Morgan fingerprint density at radius 2 is 1.86 bits per heavy atom. The molecular formula is C17H18FNO2. The van der Waals surface area contributed by atoms with Crippen LogP contribution in [0.2, 0.25) is 0 Å². The normalized spacial score (nSPS) is 10.8. The molecule has 0 radical (unpaired) electrons. The third-order valence-corrected chi connectivity index (χ3v) is 3.34. The highest BCUT2D eigenvalue weighted by molar-refractivity contribution is 5.87. The third-order valence-electron chi connectivity index (χ3n) is 3.34. The van der Waals surface area contributed by atoms with Crippen molar-refractivity contribution < 1.29 is 14.3 Å². The van der Waals surface area contributed by atoms with E-state index in [1.807, 2.05) is 25.2 Å². The molecule has 110 valence electrons. The van der Waals surface area contributed by atoms with Crippen molar-refractivity contribution in [2.24, 2.45) is 0 Å². The van der Waals surface area contributed by atoms with Crippen molar-refractivity contribution in [1.82, 2.24) is 4.90 Å². The zero-order valence-electron chi connectivity index (χ0n) is 11.9. The Kier molecular flexibility index (Phi) is 5.06. The summed E-state index contributed by atoms with van der Waals surface area (Å²) in [7, 11) is 1.96. The molecule has 0 unspecified atom stereocenters. The largest absolute Gasteiger partial charge is 0.478 e. The summed E-state index contributed by atoms with van der Waals surface area (Å²) in [6, 6.07) is 14.4. The van der Waals surface area contributed by atoms with Crippen molar-refractivity contribution in [1.29, 1.82) is 0 Å². The van der Waals surface area contributed by atoms with Crippen LogP contribution in [-0.4, -0.2) is 29.6 Å². The lowest BCUT2D eigenvalue weighted by atomic mass is 10.1. The Morgan fingerprint density at radius 3 is 2.48 bits per heavy atom. The van der Waals surface area contributed by atoms with Gasteiger partial charge in [-0.2, -0.15) is 0 Å². The summed E-state index contributed by atoms with van der Waals surface area (Å²) >= 11 is 0. The molecule has 0 spiro atoms. The number of rotatable bonds is 6. The monoisotopic (exact) mass is 287 g/mol. The maximum atomic E-state index is 13.6. The van der Waals surface area contributed by atoms with E-state index in [9.17, 15) is 9.18 Å². The first-order chi connectivity index (χ1) is 10.1. The van der Waals surface area contributed by atoms with Crippen LogP contribution in [0.15, 0.2) is 48.5 Å². The van der Waals surface area contributed by atoms with Gasteiger partial charge in [0, 0.05) is 13.1 Å². The molecule has 4 heteroatoms. The van der Waals surface area contributed by atoms with Gasteiger partial charge in [0.15, 0.2) is 0 Å². The average molecular weight is 287 g/mol. The maximum absolute atomic E-state index is 13.6. The van der Waals surface area contributed by atoms with Crippen molar-refractivity contribution in [2.45, 2.75) is 13.0 Å². The van der Waals surface area contributed by atoms with E-state index >= 15 is 0 Å². The van der Waals surface area contributed by atoms with Crippen molar-refractivity contribution in [2.75, 3.05) is 13.6 Å². The molecule has 1 N–H and O–H groups in total. The smallest absolute Gasteiger partial charge is 0.338 e. The Hall–Kier alpha value is -2.20. The van der Waals surface area contributed by atoms with Crippen LogP contribution in [0, 0.1) is 5.82 Å². The fourth-order valence-electron chi connectivity index (χ4n) is 2.19. The van der Waals surface area contributed by atoms with Crippen LogP contribution in [0.1, 0.15) is 21.5 Å². The van der Waals surface area contributed by atoms with Crippen LogP contribution in [0.25, 0.3) is 0 Å². The molecule has 0 aliphatic rings. The molecule has 0 amide bonds. The Balaban J connectivity index is 1.92. The molecule has 0 saturated heterocycles. The summed E-state index contributed by atoms with van der Waals surface area (Å²) in [5.41, 5.74) is 1.75. The van der Waals surface area contributed by atoms with Crippen LogP contribution >= 0.6 is 0 Å². The lowest BCUT2D eigenvalue weighted by molar-refractivity contribution is 0.0692. The van der Waals surface area contributed by atoms with Gasteiger partial charge in [0.1, 0.15) is 5.82 Å². The zero-order valence-corrected chi connectivity index (χ0v) is 11.9. The van der Waals surface area contributed by atoms with Crippen molar-refractivity contribution in [3.63, 3.8) is 0 Å². The molecule has 2 aromatic carbocycles. The first-order valence-corrected chi connectivity index (χ1v) is 6.80. The molecular weight excluding hydrogens is 269 g/mol. The first kappa shape index (κ1) is 15.2. The van der Waals surface area contributed by atoms with Gasteiger partial charge in [-0.3, -0.25) is 0 Å². The summed E-state index contributed by atoms with van der Waals surface area (Å²) in [4.78, 5) is 12.8. The molecule has 21 heavy (non-hydrogen) atoms. The van der Waals surface area contributed by atoms with E-state index in [0.29, 0.717) is 6.54 Å². The topological polar surface area (TPSA) is 40.5 Å². The molecule has 0 atom stereocenters. The summed E-state index contributed by atoms with van der Waals surface area (Å²) in [6.45, 7) is 1.44. The highest BCUT2D eigenvalue weighted by atomic mass is 19.1. The van der Waals surface area contributed by atoms with E-state index in [2.05, 4.69) is 17.0 Å². The Labute approximate surface area is 123 Å². The van der Waals surface area contributed by atoms with Gasteiger partial charge in [0.25, 0.3) is 0 Å². The molecule has 0 aliphatic heterocycles. The third kappa shape index (κ3) is 4.39. The van der Waals surface area contributed by atoms with Gasteiger partial charge >= 0.3 is 5.97 Å². The maximum Gasteiger partial charge on any atom is 0.338 e. The Morgan fingerprint density at radius 1 is 1.14 bits per heavy atom. The van der Waals surface area contributed by atoms with E-state index in [-0.39, 0.29) is 5.56 Å². The number of likely N-dealkylation sites (N-methyl/N-ethyl adjacent to an activating group) is 1. The predicted octanol–water partition coefficient (Wildman–Crippen LogP) is 3.20. The average Bonchev–Trinajstić information content (AvgIpc) is 2.46. The van der Waals surface area contributed by atoms with Gasteiger partial charge in [0.05, 0.1) is 5.56 Å². The summed E-state index contributed by atoms with van der Waals surface area (Å²) in [5, 5.41) is 8.80. The van der Waals surface area contributed by atoms with E-state index in [1.54, 1.807) is 6.07 Å². The number of carboxylic acid groups (broad SMARTS) is 1. The van der Waals surface area contributed by atoms with Crippen LogP contribution in [0.4, 0.5) is 4.39 Å². The van der Waals surface area contributed by atoms with E-state index in [1.165, 1.54) is 17.7 Å². The van der Waals surface area contributed by atoms with Crippen molar-refractivity contribution >= 4 is 5.97 Å². The number of aromatic carboxylic acids is 1. The molecule has 2 aromatic rings. The van der Waals surface area contributed by atoms with Gasteiger partial charge in [-0.25, -0.2) is 9.18 Å². The van der Waals surface area contributed by atoms with Crippen LogP contribution in [-0.2, 0) is 13.0 Å². The highest BCUT2D eigenvalue weighted by Crippen LogP contribution is 2.12. The van der Waals surface area contributed by atoms with Crippen molar-refractivity contribution in [3.05, 3.63) is 71.0 Å². The quantitative estimate of drug-likeness (QED) is 0.887. The van der Waals surface area contributed by atoms with E-state index in [0.717, 1.165) is 18.5 Å². The van der Waals surface area contributed by atoms with Crippen LogP contribution in [0.5, 0.6) is 0 Å². The molecule has 0 bridgehead atoms. The van der Waals surface area contributed by atoms with E-state index in [4.69, 9.17) is 5.11 Å². The minimum atomic E-state index is -1.24. The minimum absolute atomic E-state index is 0.286. The molecule has 0 aliphatic carbocycles. The van der Waals surface area contributed by atoms with Gasteiger partial charge in [-0.1, -0.05) is 36.4 Å². The van der Waals surface area contributed by atoms with Gasteiger partial charge in [-0.15, -0.1) is 0 Å². The Bertz CT molecular complexity index is 613. The summed E-state index contributed by atoms with van der Waals surface area (Å²) < 4.78 is 13.6. The van der Waals surface area contributed by atoms with Gasteiger partial charge in [0.2, 0.25) is 0 Å². The molecule has 0 heterocycles. The number of hydrogen-bond donors (Lipinski definition) is 1. The van der Waals surface area contributed by atoms with Gasteiger partial charge in [-0.05, 0) is 36.7 Å². The number of hydrogen-bond acceptors (Lipinski definition) is 2.